The second-order valence-corrected chi connectivity index (χ2v) is 9.11. The van der Waals surface area contributed by atoms with Gasteiger partial charge in [-0.05, 0) is 54.3 Å². The largest absolute Gasteiger partial charge is 0.329 e. The topological polar surface area (TPSA) is 120 Å². The van der Waals surface area contributed by atoms with Gasteiger partial charge >= 0.3 is 0 Å². The van der Waals surface area contributed by atoms with Gasteiger partial charge in [0, 0.05) is 18.9 Å². The lowest BCUT2D eigenvalue weighted by atomic mass is 9.95. The van der Waals surface area contributed by atoms with E-state index < -0.39 is 11.0 Å². The summed E-state index contributed by atoms with van der Waals surface area (Å²) < 4.78 is 1.02. The summed E-state index contributed by atoms with van der Waals surface area (Å²) in [6, 6.07) is 11.8. The van der Waals surface area contributed by atoms with Crippen LogP contribution in [0.1, 0.15) is 56.1 Å². The maximum Gasteiger partial charge on any atom is 0.294 e. The monoisotopic (exact) mass is 470 g/mol. The van der Waals surface area contributed by atoms with Gasteiger partial charge < -0.3 is 15.9 Å². The maximum atomic E-state index is 12.9. The van der Waals surface area contributed by atoms with Crippen molar-refractivity contribution in [2.24, 2.45) is 5.73 Å². The number of aryl methyl sites for hydroxylation is 1. The molecule has 0 saturated heterocycles. The highest BCUT2D eigenvalue weighted by molar-refractivity contribution is 7.22. The third-order valence-electron chi connectivity index (χ3n) is 5.59. The number of anilines is 1. The lowest BCUT2D eigenvalue weighted by molar-refractivity contribution is -0.769. The number of pyridine rings is 1. The quantitative estimate of drug-likeness (QED) is 0.204. The van der Waals surface area contributed by atoms with Crippen LogP contribution in [0.25, 0.3) is 10.1 Å². The molecule has 2 aromatic heterocycles. The third-order valence-corrected chi connectivity index (χ3v) is 6.59. The number of rotatable bonds is 13. The number of aromatic nitrogens is 1. The molecule has 0 aliphatic rings. The Morgan fingerprint density at radius 2 is 2.03 bits per heavy atom. The fourth-order valence-electron chi connectivity index (χ4n) is 3.86. The number of amides is 1. The van der Waals surface area contributed by atoms with Crippen LogP contribution in [0.2, 0.25) is 0 Å². The normalized spacial score (nSPS) is 12.9. The number of nitrogens with one attached hydrogen (secondary N) is 1. The van der Waals surface area contributed by atoms with Crippen LogP contribution in [0.15, 0.2) is 48.8 Å². The molecule has 0 saturated carbocycles. The van der Waals surface area contributed by atoms with Gasteiger partial charge in [-0.2, -0.15) is 0 Å². The van der Waals surface area contributed by atoms with Crippen LogP contribution in [0.5, 0.6) is 0 Å². The number of thiophene rings is 1. The molecule has 2 unspecified atom stereocenters. The summed E-state index contributed by atoms with van der Waals surface area (Å²) in [4.78, 5) is 32.3. The minimum Gasteiger partial charge on any atom is -0.329 e. The highest BCUT2D eigenvalue weighted by atomic mass is 32.1. The zero-order valence-electron chi connectivity index (χ0n) is 18.7. The number of hydrogen-bond acceptors (Lipinski definition) is 7. The minimum atomic E-state index is -0.693. The molecule has 176 valence electrons. The molecule has 0 aliphatic heterocycles. The summed E-state index contributed by atoms with van der Waals surface area (Å²) in [7, 11) is 0. The number of nitrogens with zero attached hydrogens (tertiary/aromatic N) is 2. The zero-order chi connectivity index (χ0) is 23.6. The molecule has 2 heterocycles. The highest BCUT2D eigenvalue weighted by Crippen LogP contribution is 2.30. The van der Waals surface area contributed by atoms with E-state index in [0.29, 0.717) is 12.8 Å². The summed E-state index contributed by atoms with van der Waals surface area (Å²) in [5.41, 5.74) is 7.97. The van der Waals surface area contributed by atoms with E-state index in [1.54, 1.807) is 12.4 Å². The van der Waals surface area contributed by atoms with Crippen LogP contribution < -0.4 is 11.1 Å². The number of fused-ring (bicyclic) bond motifs is 1. The molecule has 0 bridgehead atoms. The predicted molar refractivity (Wildman–Crippen MR) is 131 cm³/mol. The van der Waals surface area contributed by atoms with E-state index in [1.165, 1.54) is 11.3 Å². The second-order valence-electron chi connectivity index (χ2n) is 8.03. The van der Waals surface area contributed by atoms with Crippen LogP contribution in [-0.2, 0) is 16.1 Å². The molecule has 3 N–H and O–H groups in total. The standard InChI is InChI=1S/C24H30N4O4S/c1-2-5-20(32-28(30)31)7-4-3-6-17-8-10-18(11-9-17)21(15-25)24(29)27-23-14-19-12-13-26-16-22(19)33-23/h8-14,16,20-21H,2-7,15,25H2,1H3,(H,27,29). The van der Waals surface area contributed by atoms with Crippen LogP contribution >= 0.6 is 11.3 Å². The summed E-state index contributed by atoms with van der Waals surface area (Å²) in [6.07, 6.45) is 8.06. The number of carbonyl (C=O) groups excluding carboxylic acids is 1. The van der Waals surface area contributed by atoms with Gasteiger partial charge in [-0.1, -0.05) is 44.0 Å². The first-order valence-electron chi connectivity index (χ1n) is 11.2. The fourth-order valence-corrected chi connectivity index (χ4v) is 4.79. The van der Waals surface area contributed by atoms with Gasteiger partial charge in [0.1, 0.15) is 6.10 Å². The molecule has 3 aromatic rings. The number of carbonyl (C=O) groups is 1. The fraction of sp³-hybridized carbons (Fsp3) is 0.417. The molecule has 0 fully saturated rings. The molecule has 2 atom stereocenters. The average molecular weight is 471 g/mol. The van der Waals surface area contributed by atoms with Crippen molar-refractivity contribution in [1.82, 2.24) is 4.98 Å². The Labute approximate surface area is 197 Å². The molecule has 0 radical (unpaired) electrons. The summed E-state index contributed by atoms with van der Waals surface area (Å²) >= 11 is 1.49. The second kappa shape index (κ2) is 12.3. The van der Waals surface area contributed by atoms with Crippen molar-refractivity contribution in [3.63, 3.8) is 0 Å². The number of benzene rings is 1. The van der Waals surface area contributed by atoms with E-state index in [9.17, 15) is 14.9 Å². The first kappa shape index (κ1) is 24.6. The van der Waals surface area contributed by atoms with Crippen molar-refractivity contribution >= 4 is 32.3 Å². The van der Waals surface area contributed by atoms with Gasteiger partial charge in [0.15, 0.2) is 0 Å². The Kier molecular flexibility index (Phi) is 9.14. The van der Waals surface area contributed by atoms with Crippen molar-refractivity contribution in [1.29, 1.82) is 0 Å². The van der Waals surface area contributed by atoms with Crippen molar-refractivity contribution in [2.45, 2.75) is 57.5 Å². The molecule has 0 spiro atoms. The first-order valence-corrected chi connectivity index (χ1v) is 12.1. The molecular weight excluding hydrogens is 440 g/mol. The lowest BCUT2D eigenvalue weighted by Crippen LogP contribution is -2.27. The maximum absolute atomic E-state index is 12.9. The van der Waals surface area contributed by atoms with Gasteiger partial charge in [0.25, 0.3) is 5.09 Å². The smallest absolute Gasteiger partial charge is 0.294 e. The van der Waals surface area contributed by atoms with E-state index >= 15 is 0 Å². The van der Waals surface area contributed by atoms with E-state index in [-0.39, 0.29) is 18.6 Å². The van der Waals surface area contributed by atoms with E-state index in [1.807, 2.05) is 43.3 Å². The Bertz CT molecular complexity index is 1020. The molecule has 1 amide bonds. The van der Waals surface area contributed by atoms with Crippen molar-refractivity contribution < 1.29 is 14.7 Å². The molecule has 8 nitrogen and oxygen atoms in total. The highest BCUT2D eigenvalue weighted by Gasteiger charge is 2.20. The Morgan fingerprint density at radius 1 is 1.24 bits per heavy atom. The van der Waals surface area contributed by atoms with Crippen LogP contribution in [0.3, 0.4) is 0 Å². The van der Waals surface area contributed by atoms with Gasteiger partial charge in [-0.25, -0.2) is 0 Å². The molecule has 9 heteroatoms. The lowest BCUT2D eigenvalue weighted by Gasteiger charge is -2.15. The van der Waals surface area contributed by atoms with E-state index in [2.05, 4.69) is 10.3 Å². The van der Waals surface area contributed by atoms with Gasteiger partial charge in [0.2, 0.25) is 5.91 Å². The average Bonchev–Trinajstić information content (AvgIpc) is 3.20. The van der Waals surface area contributed by atoms with Crippen LogP contribution in [0, 0.1) is 10.1 Å². The van der Waals surface area contributed by atoms with Crippen molar-refractivity contribution in [3.05, 3.63) is 70.0 Å². The molecule has 33 heavy (non-hydrogen) atoms. The van der Waals surface area contributed by atoms with Crippen molar-refractivity contribution in [2.75, 3.05) is 11.9 Å². The van der Waals surface area contributed by atoms with E-state index in [4.69, 9.17) is 10.6 Å². The van der Waals surface area contributed by atoms with Gasteiger partial charge in [0.05, 0.1) is 15.6 Å². The Hall–Kier alpha value is -3.04. The zero-order valence-corrected chi connectivity index (χ0v) is 19.6. The SMILES string of the molecule is CCCC(CCCCc1ccc(C(CN)C(=O)Nc2cc3ccncc3s2)cc1)O[N+](=O)[O-]. The third kappa shape index (κ3) is 7.23. The molecule has 0 aliphatic carbocycles. The molecule has 3 rings (SSSR count). The van der Waals surface area contributed by atoms with E-state index in [0.717, 1.165) is 51.9 Å². The minimum absolute atomic E-state index is 0.127. The Morgan fingerprint density at radius 3 is 2.70 bits per heavy atom. The predicted octanol–water partition coefficient (Wildman–Crippen LogP) is 5.07. The Balaban J connectivity index is 1.51. The van der Waals surface area contributed by atoms with Crippen LogP contribution in [0.4, 0.5) is 5.00 Å². The molecule has 1 aromatic carbocycles. The first-order chi connectivity index (χ1) is 16.0. The summed E-state index contributed by atoms with van der Waals surface area (Å²) in [5, 5.41) is 14.7. The number of hydrogen-bond donors (Lipinski definition) is 2. The summed E-state index contributed by atoms with van der Waals surface area (Å²) in [5.74, 6) is -0.561. The van der Waals surface area contributed by atoms with Gasteiger partial charge in [-0.15, -0.1) is 21.5 Å². The number of nitrogens with two attached hydrogens (primary N) is 1. The summed E-state index contributed by atoms with van der Waals surface area (Å²) in [6.45, 7) is 2.21. The number of unbranched alkanes of at least 4 members (excludes halogenated alkanes) is 1. The van der Waals surface area contributed by atoms with Crippen LogP contribution in [-0.4, -0.2) is 28.6 Å². The van der Waals surface area contributed by atoms with Gasteiger partial charge in [-0.3, -0.25) is 9.78 Å². The van der Waals surface area contributed by atoms with Crippen molar-refractivity contribution in [3.8, 4) is 0 Å². The molecular formula is C24H30N4O4S.